The van der Waals surface area contributed by atoms with E-state index in [0.29, 0.717) is 16.9 Å². The molecule has 0 spiro atoms. The number of aliphatic carboxylic acids is 1. The first-order valence-corrected chi connectivity index (χ1v) is 7.22. The molecule has 0 radical (unpaired) electrons. The summed E-state index contributed by atoms with van der Waals surface area (Å²) in [6.45, 7) is 1.42. The van der Waals surface area contributed by atoms with E-state index in [9.17, 15) is 9.59 Å². The number of hydrogen-bond donors (Lipinski definition) is 1. The highest BCUT2D eigenvalue weighted by Gasteiger charge is 2.14. The normalized spacial score (nSPS) is 11.9. The zero-order valence-corrected chi connectivity index (χ0v) is 12.8. The van der Waals surface area contributed by atoms with E-state index in [0.717, 1.165) is 0 Å². The van der Waals surface area contributed by atoms with Crippen molar-refractivity contribution in [2.45, 2.75) is 13.0 Å². The Bertz CT molecular complexity index is 929. The summed E-state index contributed by atoms with van der Waals surface area (Å²) in [5.41, 5.74) is -0.0339. The van der Waals surface area contributed by atoms with Crippen LogP contribution in [0.4, 0.5) is 0 Å². The van der Waals surface area contributed by atoms with Gasteiger partial charge < -0.3 is 19.0 Å². The van der Waals surface area contributed by atoms with Gasteiger partial charge in [0.1, 0.15) is 23.3 Å². The molecule has 0 aliphatic rings. The molecular weight excluding hydrogens is 312 g/mol. The monoisotopic (exact) mass is 326 g/mol. The molecule has 0 saturated heterocycles. The summed E-state index contributed by atoms with van der Waals surface area (Å²) in [5.74, 6) is -0.180. The zero-order valence-electron chi connectivity index (χ0n) is 12.8. The Labute approximate surface area is 136 Å². The minimum atomic E-state index is -1.08. The molecule has 0 aliphatic heterocycles. The molecule has 0 amide bonds. The molecule has 3 aromatic rings. The average molecular weight is 326 g/mol. The Balaban J connectivity index is 1.92. The van der Waals surface area contributed by atoms with Crippen molar-refractivity contribution in [2.24, 2.45) is 0 Å². The van der Waals surface area contributed by atoms with Crippen molar-refractivity contribution in [3.63, 3.8) is 0 Å². The highest BCUT2D eigenvalue weighted by atomic mass is 16.5. The number of fused-ring (bicyclic) bond motifs is 1. The fourth-order valence-corrected chi connectivity index (χ4v) is 2.10. The number of hydrogen-bond acceptors (Lipinski definition) is 5. The molecule has 1 heterocycles. The number of benzene rings is 2. The van der Waals surface area contributed by atoms with Crippen molar-refractivity contribution < 1.29 is 23.8 Å². The number of carboxylic acids is 1. The number of rotatable bonds is 5. The van der Waals surface area contributed by atoms with Crippen molar-refractivity contribution in [3.8, 4) is 17.2 Å². The van der Waals surface area contributed by atoms with Crippen molar-refractivity contribution >= 4 is 16.9 Å². The molecule has 6 nitrogen and oxygen atoms in total. The van der Waals surface area contributed by atoms with Crippen LogP contribution in [-0.4, -0.2) is 17.2 Å². The number of carboxylic acid groups (broad SMARTS) is 1. The lowest BCUT2D eigenvalue weighted by Gasteiger charge is -2.10. The van der Waals surface area contributed by atoms with Crippen LogP contribution in [0.15, 0.2) is 64.0 Å². The Hall–Kier alpha value is -3.28. The molecule has 0 saturated carbocycles. The third-order valence-electron chi connectivity index (χ3n) is 3.35. The fourth-order valence-electron chi connectivity index (χ4n) is 2.10. The SMILES string of the molecule is C[C@H](Oc1ccc2c(=O)c(Oc3ccccc3)coc2c1)C(=O)O. The van der Waals surface area contributed by atoms with Crippen LogP contribution in [0.5, 0.6) is 17.2 Å². The van der Waals surface area contributed by atoms with Gasteiger partial charge >= 0.3 is 5.97 Å². The lowest BCUT2D eigenvalue weighted by Crippen LogP contribution is -2.22. The van der Waals surface area contributed by atoms with Gasteiger partial charge in [-0.15, -0.1) is 0 Å². The highest BCUT2D eigenvalue weighted by molar-refractivity contribution is 5.79. The Morgan fingerprint density at radius 3 is 2.58 bits per heavy atom. The Morgan fingerprint density at radius 2 is 1.88 bits per heavy atom. The van der Waals surface area contributed by atoms with E-state index < -0.39 is 12.1 Å². The third kappa shape index (κ3) is 3.22. The highest BCUT2D eigenvalue weighted by Crippen LogP contribution is 2.24. The second-order valence-corrected chi connectivity index (χ2v) is 5.10. The Kier molecular flexibility index (Phi) is 4.20. The van der Waals surface area contributed by atoms with Crippen molar-refractivity contribution in [3.05, 3.63) is 65.0 Å². The molecule has 1 N–H and O–H groups in total. The average Bonchev–Trinajstić information content (AvgIpc) is 2.58. The van der Waals surface area contributed by atoms with Gasteiger partial charge in [0.25, 0.3) is 0 Å². The molecule has 0 fully saturated rings. The molecular formula is C18H14O6. The molecule has 3 rings (SSSR count). The van der Waals surface area contributed by atoms with Crippen LogP contribution in [0.3, 0.4) is 0 Å². The number of para-hydroxylation sites is 1. The van der Waals surface area contributed by atoms with Gasteiger partial charge in [-0.25, -0.2) is 4.79 Å². The van der Waals surface area contributed by atoms with E-state index in [4.69, 9.17) is 19.0 Å². The largest absolute Gasteiger partial charge is 0.479 e. The predicted molar refractivity (Wildman–Crippen MR) is 86.7 cm³/mol. The van der Waals surface area contributed by atoms with Gasteiger partial charge in [-0.3, -0.25) is 4.79 Å². The molecule has 1 aromatic heterocycles. The van der Waals surface area contributed by atoms with E-state index in [1.807, 2.05) is 6.07 Å². The maximum absolute atomic E-state index is 12.5. The molecule has 122 valence electrons. The van der Waals surface area contributed by atoms with Crippen LogP contribution in [0.1, 0.15) is 6.92 Å². The maximum atomic E-state index is 12.5. The van der Waals surface area contributed by atoms with Gasteiger partial charge in [0.15, 0.2) is 6.10 Å². The second-order valence-electron chi connectivity index (χ2n) is 5.10. The first-order valence-electron chi connectivity index (χ1n) is 7.22. The standard InChI is InChI=1S/C18H14O6/c1-11(18(20)21)23-13-7-8-14-15(9-13)22-10-16(17(14)19)24-12-5-3-2-4-6-12/h2-11H,1H3,(H,20,21)/t11-/m0/s1. The molecule has 24 heavy (non-hydrogen) atoms. The minimum absolute atomic E-state index is 0.0706. The Morgan fingerprint density at radius 1 is 1.12 bits per heavy atom. The van der Waals surface area contributed by atoms with Crippen molar-refractivity contribution in [1.29, 1.82) is 0 Å². The fraction of sp³-hybridized carbons (Fsp3) is 0.111. The van der Waals surface area contributed by atoms with Crippen LogP contribution >= 0.6 is 0 Å². The first-order chi connectivity index (χ1) is 11.5. The van der Waals surface area contributed by atoms with Gasteiger partial charge in [-0.2, -0.15) is 0 Å². The zero-order chi connectivity index (χ0) is 17.1. The van der Waals surface area contributed by atoms with Gasteiger partial charge in [0.2, 0.25) is 11.2 Å². The summed E-state index contributed by atoms with van der Waals surface area (Å²) in [5, 5.41) is 9.18. The second kappa shape index (κ2) is 6.45. The van der Waals surface area contributed by atoms with E-state index >= 15 is 0 Å². The summed E-state index contributed by atoms with van der Waals surface area (Å²) in [4.78, 5) is 23.3. The summed E-state index contributed by atoms with van der Waals surface area (Å²) >= 11 is 0. The van der Waals surface area contributed by atoms with E-state index in [2.05, 4.69) is 0 Å². The molecule has 1 atom stereocenters. The molecule has 2 aromatic carbocycles. The topological polar surface area (TPSA) is 86.0 Å². The summed E-state index contributed by atoms with van der Waals surface area (Å²) in [6.07, 6.45) is 0.220. The van der Waals surface area contributed by atoms with Gasteiger partial charge in [-0.05, 0) is 31.2 Å². The van der Waals surface area contributed by atoms with Crippen LogP contribution < -0.4 is 14.9 Å². The first kappa shape index (κ1) is 15.6. The maximum Gasteiger partial charge on any atom is 0.344 e. The molecule has 0 bridgehead atoms. The van der Waals surface area contributed by atoms with Crippen molar-refractivity contribution in [1.82, 2.24) is 0 Å². The quantitative estimate of drug-likeness (QED) is 0.773. The number of ether oxygens (including phenoxy) is 2. The smallest absolute Gasteiger partial charge is 0.344 e. The molecule has 0 unspecified atom stereocenters. The minimum Gasteiger partial charge on any atom is -0.479 e. The summed E-state index contributed by atoms with van der Waals surface area (Å²) < 4.78 is 16.2. The predicted octanol–water partition coefficient (Wildman–Crippen LogP) is 3.44. The lowest BCUT2D eigenvalue weighted by atomic mass is 10.2. The van der Waals surface area contributed by atoms with Crippen LogP contribution in [0.25, 0.3) is 11.0 Å². The van der Waals surface area contributed by atoms with E-state index in [1.165, 1.54) is 31.4 Å². The summed E-state index contributed by atoms with van der Waals surface area (Å²) in [7, 11) is 0. The van der Waals surface area contributed by atoms with Crippen LogP contribution in [-0.2, 0) is 4.79 Å². The van der Waals surface area contributed by atoms with E-state index in [-0.39, 0.29) is 16.8 Å². The van der Waals surface area contributed by atoms with Gasteiger partial charge in [-0.1, -0.05) is 18.2 Å². The molecule has 0 aliphatic carbocycles. The van der Waals surface area contributed by atoms with Crippen molar-refractivity contribution in [2.75, 3.05) is 0 Å². The van der Waals surface area contributed by atoms with Gasteiger partial charge in [0, 0.05) is 6.07 Å². The summed E-state index contributed by atoms with van der Waals surface area (Å²) in [6, 6.07) is 13.4. The third-order valence-corrected chi connectivity index (χ3v) is 3.35. The van der Waals surface area contributed by atoms with Crippen LogP contribution in [0.2, 0.25) is 0 Å². The van der Waals surface area contributed by atoms with Gasteiger partial charge in [0.05, 0.1) is 5.39 Å². The lowest BCUT2D eigenvalue weighted by molar-refractivity contribution is -0.144. The van der Waals surface area contributed by atoms with E-state index in [1.54, 1.807) is 24.3 Å². The van der Waals surface area contributed by atoms with Crippen LogP contribution in [0, 0.1) is 0 Å². The molecule has 6 heteroatoms. The number of carbonyl (C=O) groups is 1.